The number of fused-ring (bicyclic) bond motifs is 1. The van der Waals surface area contributed by atoms with E-state index >= 15 is 0 Å². The van der Waals surface area contributed by atoms with Crippen molar-refractivity contribution in [3.8, 4) is 16.9 Å². The largest absolute Gasteiger partial charge is 0.508 e. The molecule has 0 spiro atoms. The van der Waals surface area contributed by atoms with Gasteiger partial charge in [-0.3, -0.25) is 4.79 Å². The van der Waals surface area contributed by atoms with E-state index in [9.17, 15) is 9.90 Å². The Hall–Kier alpha value is -2.91. The number of hydrogen-bond acceptors (Lipinski definition) is 3. The molecule has 1 heterocycles. The second kappa shape index (κ2) is 5.95. The van der Waals surface area contributed by atoms with Crippen LogP contribution in [0.1, 0.15) is 15.2 Å². The van der Waals surface area contributed by atoms with Gasteiger partial charge in [0.25, 0.3) is 0 Å². The average Bonchev–Trinajstić information content (AvgIpc) is 3.02. The molecule has 0 fully saturated rings. The van der Waals surface area contributed by atoms with Crippen LogP contribution < -0.4 is 0 Å². The number of rotatable bonds is 3. The molecular weight excluding hydrogens is 316 g/mol. The maximum atomic E-state index is 13.1. The topological polar surface area (TPSA) is 37.3 Å². The van der Waals surface area contributed by atoms with Gasteiger partial charge in [-0.25, -0.2) is 0 Å². The molecule has 0 amide bonds. The van der Waals surface area contributed by atoms with Crippen LogP contribution in [0.15, 0.2) is 78.9 Å². The van der Waals surface area contributed by atoms with Crippen molar-refractivity contribution in [2.75, 3.05) is 0 Å². The molecule has 0 radical (unpaired) electrons. The van der Waals surface area contributed by atoms with Crippen LogP contribution in [-0.4, -0.2) is 10.9 Å². The van der Waals surface area contributed by atoms with Gasteiger partial charge >= 0.3 is 0 Å². The molecular formula is C21H14O2S. The number of hydrogen-bond donors (Lipinski definition) is 1. The third-order valence-corrected chi connectivity index (χ3v) is 5.16. The summed E-state index contributed by atoms with van der Waals surface area (Å²) in [7, 11) is 0. The third-order valence-electron chi connectivity index (χ3n) is 3.99. The number of carbonyl (C=O) groups excluding carboxylic acids is 1. The van der Waals surface area contributed by atoms with Crippen molar-refractivity contribution >= 4 is 27.2 Å². The molecule has 1 aromatic heterocycles. The second-order valence-corrected chi connectivity index (χ2v) is 6.60. The van der Waals surface area contributed by atoms with Crippen molar-refractivity contribution in [1.82, 2.24) is 0 Å². The maximum Gasteiger partial charge on any atom is 0.203 e. The Morgan fingerprint density at radius 2 is 1.46 bits per heavy atom. The molecule has 2 nitrogen and oxygen atoms in total. The number of phenols is 1. The smallest absolute Gasteiger partial charge is 0.203 e. The molecule has 0 unspecified atom stereocenters. The normalized spacial score (nSPS) is 10.8. The monoisotopic (exact) mass is 330 g/mol. The summed E-state index contributed by atoms with van der Waals surface area (Å²) in [6, 6.07) is 24.5. The van der Waals surface area contributed by atoms with Crippen LogP contribution in [0.4, 0.5) is 0 Å². The lowest BCUT2D eigenvalue weighted by Gasteiger charge is -2.05. The van der Waals surface area contributed by atoms with Crippen molar-refractivity contribution in [2.24, 2.45) is 0 Å². The molecule has 3 aromatic carbocycles. The summed E-state index contributed by atoms with van der Waals surface area (Å²) < 4.78 is 1.10. The quantitative estimate of drug-likeness (QED) is 0.503. The van der Waals surface area contributed by atoms with Crippen molar-refractivity contribution in [2.45, 2.75) is 0 Å². The Morgan fingerprint density at radius 3 is 2.21 bits per heavy atom. The third kappa shape index (κ3) is 2.49. The first-order valence-corrected chi connectivity index (χ1v) is 8.46. The molecule has 116 valence electrons. The van der Waals surface area contributed by atoms with Crippen molar-refractivity contribution in [3.05, 3.63) is 89.3 Å². The first kappa shape index (κ1) is 14.7. The predicted molar refractivity (Wildman–Crippen MR) is 98.8 cm³/mol. The van der Waals surface area contributed by atoms with Gasteiger partial charge in [-0.15, -0.1) is 11.3 Å². The van der Waals surface area contributed by atoms with Crippen LogP contribution in [0.5, 0.6) is 5.75 Å². The SMILES string of the molecule is O=C(c1ccc(O)cc1)c1sc2ccccc2c1-c1ccccc1. The number of thiophene rings is 1. The van der Waals surface area contributed by atoms with Gasteiger partial charge in [0.1, 0.15) is 5.75 Å². The van der Waals surface area contributed by atoms with Gasteiger partial charge < -0.3 is 5.11 Å². The zero-order valence-electron chi connectivity index (χ0n) is 12.8. The van der Waals surface area contributed by atoms with Gasteiger partial charge in [0.2, 0.25) is 5.78 Å². The van der Waals surface area contributed by atoms with E-state index in [0.717, 1.165) is 26.1 Å². The van der Waals surface area contributed by atoms with Crippen LogP contribution in [0.2, 0.25) is 0 Å². The minimum atomic E-state index is -0.0185. The van der Waals surface area contributed by atoms with Gasteiger partial charge in [0.15, 0.2) is 0 Å². The summed E-state index contributed by atoms with van der Waals surface area (Å²) in [5.41, 5.74) is 2.60. The molecule has 0 atom stereocenters. The van der Waals surface area contributed by atoms with Crippen LogP contribution in [0, 0.1) is 0 Å². The van der Waals surface area contributed by atoms with Gasteiger partial charge in [0, 0.05) is 21.2 Å². The lowest BCUT2D eigenvalue weighted by Crippen LogP contribution is -2.00. The first-order valence-electron chi connectivity index (χ1n) is 7.65. The Morgan fingerprint density at radius 1 is 0.792 bits per heavy atom. The van der Waals surface area contributed by atoms with Crippen LogP contribution in [0.3, 0.4) is 0 Å². The van der Waals surface area contributed by atoms with Crippen molar-refractivity contribution in [1.29, 1.82) is 0 Å². The van der Waals surface area contributed by atoms with E-state index in [1.807, 2.05) is 48.5 Å². The zero-order chi connectivity index (χ0) is 16.5. The summed E-state index contributed by atoms with van der Waals surface area (Å²) in [6.45, 7) is 0. The molecule has 3 heteroatoms. The van der Waals surface area contributed by atoms with E-state index in [4.69, 9.17) is 0 Å². The van der Waals surface area contributed by atoms with E-state index in [1.54, 1.807) is 24.3 Å². The Bertz CT molecular complexity index is 1010. The molecule has 1 N–H and O–H groups in total. The molecule has 4 rings (SSSR count). The van der Waals surface area contributed by atoms with Crippen molar-refractivity contribution < 1.29 is 9.90 Å². The zero-order valence-corrected chi connectivity index (χ0v) is 13.6. The molecule has 0 aliphatic rings. The molecule has 0 aliphatic heterocycles. The number of phenolic OH excluding ortho intramolecular Hbond substituents is 1. The first-order chi connectivity index (χ1) is 11.7. The van der Waals surface area contributed by atoms with Crippen LogP contribution in [-0.2, 0) is 0 Å². The molecule has 24 heavy (non-hydrogen) atoms. The second-order valence-electron chi connectivity index (χ2n) is 5.54. The number of aromatic hydroxyl groups is 1. The Kier molecular flexibility index (Phi) is 3.63. The van der Waals surface area contributed by atoms with Crippen molar-refractivity contribution in [3.63, 3.8) is 0 Å². The van der Waals surface area contributed by atoms with E-state index < -0.39 is 0 Å². The average molecular weight is 330 g/mol. The summed E-state index contributed by atoms with van der Waals surface area (Å²) in [6.07, 6.45) is 0. The number of carbonyl (C=O) groups is 1. The van der Waals surface area contributed by atoms with Gasteiger partial charge in [-0.05, 0) is 35.9 Å². The molecule has 0 saturated carbocycles. The highest BCUT2D eigenvalue weighted by Gasteiger charge is 2.20. The van der Waals surface area contributed by atoms with Gasteiger partial charge in [0.05, 0.1) is 4.88 Å². The minimum Gasteiger partial charge on any atom is -0.508 e. The molecule has 4 aromatic rings. The summed E-state index contributed by atoms with van der Waals surface area (Å²) in [5.74, 6) is 0.140. The fraction of sp³-hybridized carbons (Fsp3) is 0. The molecule has 0 saturated heterocycles. The highest BCUT2D eigenvalue weighted by molar-refractivity contribution is 7.21. The highest BCUT2D eigenvalue weighted by atomic mass is 32.1. The summed E-state index contributed by atoms with van der Waals surface area (Å²) in [4.78, 5) is 13.8. The van der Waals surface area contributed by atoms with Gasteiger partial charge in [-0.1, -0.05) is 48.5 Å². The number of ketones is 1. The fourth-order valence-corrected chi connectivity index (χ4v) is 4.03. The van der Waals surface area contributed by atoms with E-state index in [1.165, 1.54) is 11.3 Å². The number of benzene rings is 3. The van der Waals surface area contributed by atoms with E-state index in [0.29, 0.717) is 5.56 Å². The minimum absolute atomic E-state index is 0.0185. The molecule has 0 aliphatic carbocycles. The van der Waals surface area contributed by atoms with E-state index in [2.05, 4.69) is 6.07 Å². The predicted octanol–water partition coefficient (Wildman–Crippen LogP) is 5.50. The standard InChI is InChI=1S/C21H14O2S/c22-16-12-10-15(11-13-16)20(23)21-19(14-6-2-1-3-7-14)17-8-4-5-9-18(17)24-21/h1-13,22H. The van der Waals surface area contributed by atoms with Crippen LogP contribution in [0.25, 0.3) is 21.2 Å². The Balaban J connectivity index is 1.95. The maximum absolute atomic E-state index is 13.1. The highest BCUT2D eigenvalue weighted by Crippen LogP contribution is 2.39. The van der Waals surface area contributed by atoms with Gasteiger partial charge in [-0.2, -0.15) is 0 Å². The summed E-state index contributed by atoms with van der Waals surface area (Å²) >= 11 is 1.51. The Labute approximate surface area is 143 Å². The van der Waals surface area contributed by atoms with E-state index in [-0.39, 0.29) is 11.5 Å². The fourth-order valence-electron chi connectivity index (χ4n) is 2.84. The lowest BCUT2D eigenvalue weighted by molar-refractivity contribution is 0.104. The van der Waals surface area contributed by atoms with Crippen LogP contribution >= 0.6 is 11.3 Å². The molecule has 0 bridgehead atoms. The summed E-state index contributed by atoms with van der Waals surface area (Å²) in [5, 5.41) is 10.5. The lowest BCUT2D eigenvalue weighted by atomic mass is 9.98.